The summed E-state index contributed by atoms with van der Waals surface area (Å²) in [6, 6.07) is 35.3. The number of hydrogen-bond acceptors (Lipinski definition) is 4. The third-order valence-corrected chi connectivity index (χ3v) is 8.50. The summed E-state index contributed by atoms with van der Waals surface area (Å²) in [6.07, 6.45) is -3.20. The summed E-state index contributed by atoms with van der Waals surface area (Å²) in [6.45, 7) is 0. The van der Waals surface area contributed by atoms with E-state index in [1.54, 1.807) is 109 Å². The van der Waals surface area contributed by atoms with Gasteiger partial charge in [0.25, 0.3) is 11.8 Å². The van der Waals surface area contributed by atoms with Crippen molar-refractivity contribution >= 4 is 58.5 Å². The van der Waals surface area contributed by atoms with E-state index in [9.17, 15) is 27.6 Å². The first kappa shape index (κ1) is 34.0. The highest BCUT2D eigenvalue weighted by Gasteiger charge is 2.34. The molecule has 0 aliphatic heterocycles. The maximum atomic E-state index is 13.6. The van der Waals surface area contributed by atoms with Crippen LogP contribution in [-0.4, -0.2) is 17.7 Å². The maximum absolute atomic E-state index is 13.6. The topological polar surface area (TPSA) is 87.3 Å². The van der Waals surface area contributed by atoms with E-state index in [4.69, 9.17) is 11.6 Å². The Labute approximate surface area is 284 Å². The zero-order valence-electron chi connectivity index (χ0n) is 25.0. The number of carbonyl (C=O) groups is 3. The number of amides is 3. The molecule has 5 aromatic carbocycles. The lowest BCUT2D eigenvalue weighted by Crippen LogP contribution is -2.30. The Balaban J connectivity index is 1.40. The summed E-state index contributed by atoms with van der Waals surface area (Å²) in [5.74, 6) is -1.80. The van der Waals surface area contributed by atoms with Crippen LogP contribution in [0.5, 0.6) is 0 Å². The lowest BCUT2D eigenvalue weighted by molar-refractivity contribution is -0.137. The van der Waals surface area contributed by atoms with Crippen molar-refractivity contribution in [2.75, 3.05) is 10.6 Å². The SMILES string of the molecule is O=C(Nc1cccc(SC(C(=O)Nc2ccccc2C(F)(F)F)c2ccccc2)c1)/C(=C\c1ccccc1Cl)NC(=O)c1ccccc1. The number of anilines is 2. The fourth-order valence-corrected chi connectivity index (χ4v) is 5.88. The van der Waals surface area contributed by atoms with Crippen LogP contribution in [0.15, 0.2) is 144 Å². The number of para-hydroxylation sites is 1. The Hall–Kier alpha value is -5.32. The first-order valence-corrected chi connectivity index (χ1v) is 15.8. The summed E-state index contributed by atoms with van der Waals surface area (Å²) in [4.78, 5) is 40.7. The molecule has 5 rings (SSSR count). The molecule has 3 amide bonds. The predicted molar refractivity (Wildman–Crippen MR) is 184 cm³/mol. The van der Waals surface area contributed by atoms with E-state index in [2.05, 4.69) is 16.0 Å². The minimum absolute atomic E-state index is 0.0696. The molecule has 0 bridgehead atoms. The Bertz CT molecular complexity index is 1950. The molecule has 0 saturated heterocycles. The molecule has 6 nitrogen and oxygen atoms in total. The van der Waals surface area contributed by atoms with Crippen LogP contribution < -0.4 is 16.0 Å². The van der Waals surface area contributed by atoms with Crippen LogP contribution in [-0.2, 0) is 15.8 Å². The molecule has 1 atom stereocenters. The lowest BCUT2D eigenvalue weighted by Gasteiger charge is -2.19. The number of carbonyl (C=O) groups excluding carboxylic acids is 3. The molecule has 0 saturated carbocycles. The quantitative estimate of drug-likeness (QED) is 0.101. The van der Waals surface area contributed by atoms with Crippen LogP contribution in [0.2, 0.25) is 5.02 Å². The van der Waals surface area contributed by atoms with E-state index in [0.29, 0.717) is 32.3 Å². The van der Waals surface area contributed by atoms with Gasteiger partial charge in [-0.3, -0.25) is 14.4 Å². The molecule has 3 N–H and O–H groups in total. The molecule has 0 aliphatic rings. The zero-order valence-corrected chi connectivity index (χ0v) is 26.6. The third-order valence-electron chi connectivity index (χ3n) is 6.91. The second-order valence-corrected chi connectivity index (χ2v) is 11.9. The second-order valence-electron chi connectivity index (χ2n) is 10.3. The van der Waals surface area contributed by atoms with Gasteiger partial charge in [-0.25, -0.2) is 0 Å². The lowest BCUT2D eigenvalue weighted by atomic mass is 10.1. The van der Waals surface area contributed by atoms with Crippen LogP contribution in [0, 0.1) is 0 Å². The molecule has 0 aromatic heterocycles. The van der Waals surface area contributed by atoms with Gasteiger partial charge in [-0.05, 0) is 65.7 Å². The van der Waals surface area contributed by atoms with E-state index in [-0.39, 0.29) is 11.4 Å². The third kappa shape index (κ3) is 8.93. The van der Waals surface area contributed by atoms with E-state index in [1.165, 1.54) is 24.3 Å². The average Bonchev–Trinajstić information content (AvgIpc) is 3.08. The van der Waals surface area contributed by atoms with Crippen molar-refractivity contribution in [3.05, 3.63) is 166 Å². The largest absolute Gasteiger partial charge is 0.418 e. The Morgan fingerprint density at radius 3 is 2.08 bits per heavy atom. The summed E-state index contributed by atoms with van der Waals surface area (Å²) >= 11 is 7.43. The van der Waals surface area contributed by atoms with Gasteiger partial charge in [-0.15, -0.1) is 11.8 Å². The number of nitrogens with one attached hydrogen (secondary N) is 3. The number of rotatable bonds is 10. The molecule has 5 aromatic rings. The second kappa shape index (κ2) is 15.5. The van der Waals surface area contributed by atoms with Crippen LogP contribution in [0.3, 0.4) is 0 Å². The fraction of sp³-hybridized carbons (Fsp3) is 0.0541. The molecule has 0 heterocycles. The van der Waals surface area contributed by atoms with E-state index < -0.39 is 34.7 Å². The highest BCUT2D eigenvalue weighted by molar-refractivity contribution is 8.00. The highest BCUT2D eigenvalue weighted by atomic mass is 35.5. The van der Waals surface area contributed by atoms with Crippen molar-refractivity contribution in [2.45, 2.75) is 16.3 Å². The van der Waals surface area contributed by atoms with Crippen LogP contribution >= 0.6 is 23.4 Å². The van der Waals surface area contributed by atoms with Crippen LogP contribution in [0.1, 0.15) is 32.3 Å². The van der Waals surface area contributed by atoms with E-state index in [0.717, 1.165) is 17.8 Å². The van der Waals surface area contributed by atoms with Gasteiger partial charge in [0.05, 0.1) is 11.3 Å². The van der Waals surface area contributed by atoms with Gasteiger partial charge in [-0.1, -0.05) is 96.5 Å². The molecule has 11 heteroatoms. The normalized spacial score (nSPS) is 12.1. The molecule has 0 radical (unpaired) electrons. The smallest absolute Gasteiger partial charge is 0.324 e. The summed E-state index contributed by atoms with van der Waals surface area (Å²) in [7, 11) is 0. The molecule has 0 fully saturated rings. The minimum atomic E-state index is -4.66. The Morgan fingerprint density at radius 1 is 0.729 bits per heavy atom. The van der Waals surface area contributed by atoms with E-state index in [1.807, 2.05) is 0 Å². The summed E-state index contributed by atoms with van der Waals surface area (Å²) in [5, 5.41) is 7.32. The molecular weight excluding hydrogens is 659 g/mol. The highest BCUT2D eigenvalue weighted by Crippen LogP contribution is 2.39. The standard InChI is InChI=1S/C37H27ClF3N3O3S/c38-30-20-9-7-16-26(30)22-32(44-34(45)25-14-5-2-6-15-25)35(46)42-27-17-11-18-28(23-27)48-33(24-12-3-1-4-13-24)36(47)43-31-21-10-8-19-29(31)37(39,40)41/h1-23,33H,(H,42,46)(H,43,47)(H,44,45)/b32-22+. The van der Waals surface area contributed by atoms with Crippen molar-refractivity contribution < 1.29 is 27.6 Å². The van der Waals surface area contributed by atoms with Crippen LogP contribution in [0.25, 0.3) is 6.08 Å². The maximum Gasteiger partial charge on any atom is 0.418 e. The number of hydrogen-bond donors (Lipinski definition) is 3. The van der Waals surface area contributed by atoms with Crippen molar-refractivity contribution in [2.24, 2.45) is 0 Å². The fourth-order valence-electron chi connectivity index (χ4n) is 4.61. The van der Waals surface area contributed by atoms with Crippen molar-refractivity contribution in [3.63, 3.8) is 0 Å². The molecule has 48 heavy (non-hydrogen) atoms. The van der Waals surface area contributed by atoms with Crippen molar-refractivity contribution in [3.8, 4) is 0 Å². The van der Waals surface area contributed by atoms with Gasteiger partial charge in [0.2, 0.25) is 5.91 Å². The van der Waals surface area contributed by atoms with Gasteiger partial charge < -0.3 is 16.0 Å². The molecule has 242 valence electrons. The zero-order chi connectivity index (χ0) is 34.1. The Kier molecular flexibility index (Phi) is 11.0. The van der Waals surface area contributed by atoms with E-state index >= 15 is 0 Å². The monoisotopic (exact) mass is 685 g/mol. The number of thioether (sulfide) groups is 1. The summed E-state index contributed by atoms with van der Waals surface area (Å²) in [5.41, 5.74) is 0.376. The predicted octanol–water partition coefficient (Wildman–Crippen LogP) is 9.24. The van der Waals surface area contributed by atoms with Gasteiger partial charge in [-0.2, -0.15) is 13.2 Å². The van der Waals surface area contributed by atoms with Gasteiger partial charge >= 0.3 is 6.18 Å². The molecule has 1 unspecified atom stereocenters. The number of benzene rings is 5. The first-order chi connectivity index (χ1) is 23.1. The molecule has 0 spiro atoms. The molecule has 0 aliphatic carbocycles. The van der Waals surface area contributed by atoms with Gasteiger partial charge in [0.1, 0.15) is 10.9 Å². The molecular formula is C37H27ClF3N3O3S. The Morgan fingerprint density at radius 2 is 1.38 bits per heavy atom. The first-order valence-electron chi connectivity index (χ1n) is 14.5. The summed E-state index contributed by atoms with van der Waals surface area (Å²) < 4.78 is 40.9. The minimum Gasteiger partial charge on any atom is -0.324 e. The average molecular weight is 686 g/mol. The van der Waals surface area contributed by atoms with Crippen molar-refractivity contribution in [1.82, 2.24) is 5.32 Å². The van der Waals surface area contributed by atoms with Gasteiger partial charge in [0, 0.05) is 21.2 Å². The van der Waals surface area contributed by atoms with Gasteiger partial charge in [0.15, 0.2) is 0 Å². The number of alkyl halides is 3. The number of halogens is 4. The van der Waals surface area contributed by atoms with Crippen molar-refractivity contribution in [1.29, 1.82) is 0 Å². The van der Waals surface area contributed by atoms with Crippen LogP contribution in [0.4, 0.5) is 24.5 Å².